The first-order valence-electron chi connectivity index (χ1n) is 10.2. The molecule has 0 unspecified atom stereocenters. The number of fused-ring (bicyclic) bond motifs is 1. The molecule has 1 aliphatic rings. The van der Waals surface area contributed by atoms with Crippen LogP contribution in [0.5, 0.6) is 0 Å². The summed E-state index contributed by atoms with van der Waals surface area (Å²) in [6.45, 7) is 10.7. The van der Waals surface area contributed by atoms with Crippen LogP contribution in [-0.4, -0.2) is 27.7 Å². The summed E-state index contributed by atoms with van der Waals surface area (Å²) in [6.07, 6.45) is 4.96. The SMILES string of the molecule is Cc1ccc(-c2c(C)nn3c(CCCNCC4CC4)cc(C)nc23)c(C)c1. The van der Waals surface area contributed by atoms with Gasteiger partial charge in [-0.1, -0.05) is 23.8 Å². The van der Waals surface area contributed by atoms with Crippen LogP contribution in [0.1, 0.15) is 47.5 Å². The lowest BCUT2D eigenvalue weighted by molar-refractivity contribution is 0.606. The second-order valence-corrected chi connectivity index (χ2v) is 8.15. The minimum Gasteiger partial charge on any atom is -0.316 e. The van der Waals surface area contributed by atoms with E-state index >= 15 is 0 Å². The molecule has 3 aromatic rings. The van der Waals surface area contributed by atoms with Gasteiger partial charge in [0.15, 0.2) is 5.65 Å². The van der Waals surface area contributed by atoms with Crippen LogP contribution in [-0.2, 0) is 6.42 Å². The Balaban J connectivity index is 1.63. The van der Waals surface area contributed by atoms with Crippen molar-refractivity contribution in [1.82, 2.24) is 19.9 Å². The highest BCUT2D eigenvalue weighted by atomic mass is 15.3. The van der Waals surface area contributed by atoms with E-state index in [9.17, 15) is 0 Å². The number of benzene rings is 1. The van der Waals surface area contributed by atoms with Gasteiger partial charge in [-0.25, -0.2) is 9.50 Å². The van der Waals surface area contributed by atoms with E-state index in [1.807, 2.05) is 0 Å². The van der Waals surface area contributed by atoms with Crippen LogP contribution in [0, 0.1) is 33.6 Å². The fraction of sp³-hybridized carbons (Fsp3) is 0.478. The summed E-state index contributed by atoms with van der Waals surface area (Å²) in [5.74, 6) is 0.939. The number of nitrogens with zero attached hydrogens (tertiary/aromatic N) is 3. The number of aryl methyl sites for hydroxylation is 5. The van der Waals surface area contributed by atoms with E-state index in [1.54, 1.807) is 0 Å². The second kappa shape index (κ2) is 7.43. The zero-order valence-corrected chi connectivity index (χ0v) is 17.0. The second-order valence-electron chi connectivity index (χ2n) is 8.15. The van der Waals surface area contributed by atoms with Gasteiger partial charge in [0.25, 0.3) is 0 Å². The Bertz CT molecular complexity index is 966. The molecule has 1 aliphatic carbocycles. The first kappa shape index (κ1) is 18.2. The van der Waals surface area contributed by atoms with Gasteiger partial charge in [-0.15, -0.1) is 0 Å². The minimum atomic E-state index is 0.939. The van der Waals surface area contributed by atoms with Crippen LogP contribution in [0.2, 0.25) is 0 Å². The maximum Gasteiger partial charge on any atom is 0.163 e. The van der Waals surface area contributed by atoms with E-state index in [0.29, 0.717) is 0 Å². The zero-order valence-electron chi connectivity index (χ0n) is 17.0. The van der Waals surface area contributed by atoms with Crippen molar-refractivity contribution in [1.29, 1.82) is 0 Å². The maximum absolute atomic E-state index is 4.86. The number of aromatic nitrogens is 3. The van der Waals surface area contributed by atoms with Crippen molar-refractivity contribution in [3.05, 3.63) is 52.5 Å². The molecule has 1 N–H and O–H groups in total. The van der Waals surface area contributed by atoms with Crippen molar-refractivity contribution < 1.29 is 0 Å². The molecular formula is C23H30N4. The predicted molar refractivity (Wildman–Crippen MR) is 111 cm³/mol. The van der Waals surface area contributed by atoms with Crippen LogP contribution in [0.3, 0.4) is 0 Å². The molecule has 4 nitrogen and oxygen atoms in total. The molecule has 0 spiro atoms. The van der Waals surface area contributed by atoms with Crippen LogP contribution < -0.4 is 5.32 Å². The van der Waals surface area contributed by atoms with Gasteiger partial charge in [0.2, 0.25) is 0 Å². The summed E-state index contributed by atoms with van der Waals surface area (Å²) in [6, 6.07) is 8.81. The molecule has 4 heteroatoms. The fourth-order valence-electron chi connectivity index (χ4n) is 3.93. The molecule has 1 aromatic carbocycles. The summed E-state index contributed by atoms with van der Waals surface area (Å²) < 4.78 is 2.07. The third kappa shape index (κ3) is 3.91. The van der Waals surface area contributed by atoms with Crippen LogP contribution >= 0.6 is 0 Å². The molecule has 142 valence electrons. The van der Waals surface area contributed by atoms with Gasteiger partial charge in [-0.05, 0) is 89.6 Å². The molecule has 0 radical (unpaired) electrons. The topological polar surface area (TPSA) is 42.2 Å². The van der Waals surface area contributed by atoms with Crippen LogP contribution in [0.25, 0.3) is 16.8 Å². The molecule has 1 saturated carbocycles. The number of nitrogens with one attached hydrogen (secondary N) is 1. The van der Waals surface area contributed by atoms with Crippen molar-refractivity contribution >= 4 is 5.65 Å². The molecule has 0 saturated heterocycles. The maximum atomic E-state index is 4.86. The Morgan fingerprint density at radius 1 is 1.11 bits per heavy atom. The standard InChI is InChI=1S/C23H30N4/c1-15-7-10-21(16(2)12-15)22-18(4)26-27-20(13-17(3)25-23(22)27)6-5-11-24-14-19-8-9-19/h7,10,12-13,19,24H,5-6,8-9,11,14H2,1-4H3. The normalized spacial score (nSPS) is 14.2. The molecule has 0 aliphatic heterocycles. The largest absolute Gasteiger partial charge is 0.316 e. The van der Waals surface area contributed by atoms with Gasteiger partial charge in [0.05, 0.1) is 5.69 Å². The lowest BCUT2D eigenvalue weighted by Crippen LogP contribution is -2.19. The average molecular weight is 363 g/mol. The molecule has 2 aromatic heterocycles. The lowest BCUT2D eigenvalue weighted by Gasteiger charge is -2.09. The first-order chi connectivity index (χ1) is 13.0. The van der Waals surface area contributed by atoms with Crippen molar-refractivity contribution in [2.24, 2.45) is 5.92 Å². The van der Waals surface area contributed by atoms with Crippen LogP contribution in [0.4, 0.5) is 0 Å². The Morgan fingerprint density at radius 2 is 1.93 bits per heavy atom. The molecule has 27 heavy (non-hydrogen) atoms. The Morgan fingerprint density at radius 3 is 2.67 bits per heavy atom. The van der Waals surface area contributed by atoms with Gasteiger partial charge < -0.3 is 5.32 Å². The van der Waals surface area contributed by atoms with Crippen molar-refractivity contribution in [3.8, 4) is 11.1 Å². The highest BCUT2D eigenvalue weighted by Crippen LogP contribution is 2.31. The van der Waals surface area contributed by atoms with Gasteiger partial charge >= 0.3 is 0 Å². The lowest BCUT2D eigenvalue weighted by atomic mass is 9.99. The summed E-state index contributed by atoms with van der Waals surface area (Å²) in [7, 11) is 0. The molecule has 0 amide bonds. The Kier molecular flexibility index (Phi) is 5.00. The number of rotatable bonds is 7. The summed E-state index contributed by atoms with van der Waals surface area (Å²) in [4.78, 5) is 4.86. The highest BCUT2D eigenvalue weighted by molar-refractivity contribution is 5.82. The van der Waals surface area contributed by atoms with Gasteiger partial charge in [-0.2, -0.15) is 5.10 Å². The Hall–Kier alpha value is -2.20. The van der Waals surface area contributed by atoms with Gasteiger partial charge in [-0.3, -0.25) is 0 Å². The monoisotopic (exact) mass is 362 g/mol. The Labute approximate surface area is 162 Å². The van der Waals surface area contributed by atoms with Gasteiger partial charge in [0, 0.05) is 17.0 Å². The summed E-state index contributed by atoms with van der Waals surface area (Å²) >= 11 is 0. The van der Waals surface area contributed by atoms with E-state index in [2.05, 4.69) is 61.8 Å². The summed E-state index contributed by atoms with van der Waals surface area (Å²) in [5, 5.41) is 8.46. The van der Waals surface area contributed by atoms with Crippen LogP contribution in [0.15, 0.2) is 24.3 Å². The predicted octanol–water partition coefficient (Wildman–Crippen LogP) is 4.56. The van der Waals surface area contributed by atoms with E-state index in [-0.39, 0.29) is 0 Å². The zero-order chi connectivity index (χ0) is 19.0. The average Bonchev–Trinajstić information content (AvgIpc) is 3.38. The van der Waals surface area contributed by atoms with Crippen molar-refractivity contribution in [2.75, 3.05) is 13.1 Å². The van der Waals surface area contributed by atoms with E-state index in [1.165, 1.54) is 47.3 Å². The van der Waals surface area contributed by atoms with Gasteiger partial charge in [0.1, 0.15) is 0 Å². The smallest absolute Gasteiger partial charge is 0.163 e. The third-order valence-electron chi connectivity index (χ3n) is 5.53. The minimum absolute atomic E-state index is 0.939. The molecule has 1 fully saturated rings. The first-order valence-corrected chi connectivity index (χ1v) is 10.2. The fourth-order valence-corrected chi connectivity index (χ4v) is 3.93. The van der Waals surface area contributed by atoms with E-state index < -0.39 is 0 Å². The number of hydrogen-bond donors (Lipinski definition) is 1. The molecular weight excluding hydrogens is 332 g/mol. The quantitative estimate of drug-likeness (QED) is 0.626. The van der Waals surface area contributed by atoms with E-state index in [0.717, 1.165) is 42.3 Å². The van der Waals surface area contributed by atoms with Crippen molar-refractivity contribution in [2.45, 2.75) is 53.4 Å². The summed E-state index contributed by atoms with van der Waals surface area (Å²) in [5.41, 5.74) is 9.33. The highest BCUT2D eigenvalue weighted by Gasteiger charge is 2.20. The molecule has 0 atom stereocenters. The third-order valence-corrected chi connectivity index (χ3v) is 5.53. The van der Waals surface area contributed by atoms with E-state index in [4.69, 9.17) is 10.1 Å². The van der Waals surface area contributed by atoms with Crippen molar-refractivity contribution in [3.63, 3.8) is 0 Å². The molecule has 0 bridgehead atoms. The molecule has 4 rings (SSSR count). The number of hydrogen-bond acceptors (Lipinski definition) is 3. The molecule has 2 heterocycles.